The molecule has 0 spiro atoms. The highest BCUT2D eigenvalue weighted by Gasteiger charge is 2.26. The molecule has 1 atom stereocenters. The van der Waals surface area contributed by atoms with Gasteiger partial charge in [-0.25, -0.2) is 4.98 Å². The molecule has 0 saturated carbocycles. The smallest absolute Gasteiger partial charge is 0.254 e. The highest BCUT2D eigenvalue weighted by Crippen LogP contribution is 2.19. The molecule has 0 radical (unpaired) electrons. The van der Waals surface area contributed by atoms with Gasteiger partial charge in [-0.15, -0.1) is 0 Å². The zero-order valence-corrected chi connectivity index (χ0v) is 12.7. The summed E-state index contributed by atoms with van der Waals surface area (Å²) < 4.78 is 5.89. The van der Waals surface area contributed by atoms with E-state index in [1.807, 2.05) is 28.7 Å². The van der Waals surface area contributed by atoms with Crippen LogP contribution in [-0.2, 0) is 0 Å². The van der Waals surface area contributed by atoms with Crippen LogP contribution in [0.25, 0.3) is 0 Å². The van der Waals surface area contributed by atoms with E-state index in [1.165, 1.54) is 0 Å². The maximum absolute atomic E-state index is 12.4. The van der Waals surface area contributed by atoms with Gasteiger partial charge in [0, 0.05) is 24.2 Å². The first kappa shape index (κ1) is 14.0. The number of carbonyl (C=O) groups excluding carboxylic acids is 1. The summed E-state index contributed by atoms with van der Waals surface area (Å²) in [4.78, 5) is 22.5. The van der Waals surface area contributed by atoms with E-state index < -0.39 is 0 Å². The molecule has 3 rings (SSSR count). The van der Waals surface area contributed by atoms with E-state index in [1.54, 1.807) is 23.6 Å². The molecular weight excluding hydrogens is 286 g/mol. The molecule has 0 aromatic carbocycles. The molecule has 6 heteroatoms. The molecule has 3 heterocycles. The average Bonchev–Trinajstić information content (AvgIpc) is 3.01. The number of likely N-dealkylation sites (tertiary alicyclic amines) is 1. The average molecular weight is 303 g/mol. The lowest BCUT2D eigenvalue weighted by molar-refractivity contribution is 0.0527. The molecule has 1 amide bonds. The van der Waals surface area contributed by atoms with Crippen LogP contribution < -0.4 is 4.74 Å². The monoisotopic (exact) mass is 303 g/mol. The predicted octanol–water partition coefficient (Wildman–Crippen LogP) is 2.53. The van der Waals surface area contributed by atoms with Crippen molar-refractivity contribution in [2.75, 3.05) is 13.1 Å². The molecule has 2 aromatic heterocycles. The van der Waals surface area contributed by atoms with Crippen LogP contribution in [0.3, 0.4) is 0 Å². The molecular formula is C15H17N3O2S. The maximum Gasteiger partial charge on any atom is 0.254 e. The van der Waals surface area contributed by atoms with Crippen LogP contribution in [0, 0.1) is 6.92 Å². The van der Waals surface area contributed by atoms with E-state index in [2.05, 4.69) is 9.97 Å². The number of aromatic nitrogens is 2. The summed E-state index contributed by atoms with van der Waals surface area (Å²) in [7, 11) is 0. The molecule has 110 valence electrons. The molecule has 0 aliphatic carbocycles. The van der Waals surface area contributed by atoms with E-state index in [0.29, 0.717) is 18.2 Å². The molecule has 1 fully saturated rings. The van der Waals surface area contributed by atoms with Gasteiger partial charge in [-0.3, -0.25) is 4.79 Å². The molecule has 1 saturated heterocycles. The van der Waals surface area contributed by atoms with Crippen LogP contribution in [0.2, 0.25) is 0 Å². The summed E-state index contributed by atoms with van der Waals surface area (Å²) >= 11 is 1.54. The van der Waals surface area contributed by atoms with Crippen LogP contribution in [0.15, 0.2) is 29.1 Å². The first-order chi connectivity index (χ1) is 10.2. The van der Waals surface area contributed by atoms with Gasteiger partial charge >= 0.3 is 0 Å². The molecule has 1 unspecified atom stereocenters. The van der Waals surface area contributed by atoms with Gasteiger partial charge in [-0.2, -0.15) is 16.3 Å². The van der Waals surface area contributed by atoms with Gasteiger partial charge in [0.05, 0.1) is 12.1 Å². The Morgan fingerprint density at radius 3 is 3.14 bits per heavy atom. The number of hydrogen-bond acceptors (Lipinski definition) is 5. The summed E-state index contributed by atoms with van der Waals surface area (Å²) in [6.07, 6.45) is 3.58. The van der Waals surface area contributed by atoms with Crippen molar-refractivity contribution in [1.29, 1.82) is 0 Å². The van der Waals surface area contributed by atoms with E-state index in [-0.39, 0.29) is 12.0 Å². The quantitative estimate of drug-likeness (QED) is 0.874. The van der Waals surface area contributed by atoms with Gasteiger partial charge in [0.25, 0.3) is 5.91 Å². The molecule has 0 N–H and O–H groups in total. The number of carbonyl (C=O) groups is 1. The minimum atomic E-state index is -0.00404. The first-order valence-electron chi connectivity index (χ1n) is 7.00. The largest absolute Gasteiger partial charge is 0.472 e. The van der Waals surface area contributed by atoms with Crippen LogP contribution in [0.5, 0.6) is 5.88 Å². The lowest BCUT2D eigenvalue weighted by Gasteiger charge is -2.32. The highest BCUT2D eigenvalue weighted by atomic mass is 32.1. The van der Waals surface area contributed by atoms with Crippen LogP contribution in [-0.4, -0.2) is 40.0 Å². The van der Waals surface area contributed by atoms with Gasteiger partial charge in [0.2, 0.25) is 5.88 Å². The standard InChI is InChI=1S/C15H17N3O2S/c1-11-16-6-4-14(17-11)20-13-3-2-7-18(9-13)15(19)12-5-8-21-10-12/h4-6,8,10,13H,2-3,7,9H2,1H3. The Morgan fingerprint density at radius 1 is 1.48 bits per heavy atom. The van der Waals surface area contributed by atoms with Gasteiger partial charge < -0.3 is 9.64 Å². The third-order valence-electron chi connectivity index (χ3n) is 3.47. The van der Waals surface area contributed by atoms with Crippen molar-refractivity contribution >= 4 is 17.2 Å². The third-order valence-corrected chi connectivity index (χ3v) is 4.15. The summed E-state index contributed by atoms with van der Waals surface area (Å²) in [5.74, 6) is 1.36. The fraction of sp³-hybridized carbons (Fsp3) is 0.400. The summed E-state index contributed by atoms with van der Waals surface area (Å²) in [5.41, 5.74) is 0.763. The Morgan fingerprint density at radius 2 is 2.38 bits per heavy atom. The molecule has 1 aliphatic rings. The second-order valence-corrected chi connectivity index (χ2v) is 5.87. The number of aryl methyl sites for hydroxylation is 1. The highest BCUT2D eigenvalue weighted by molar-refractivity contribution is 7.08. The fourth-order valence-electron chi connectivity index (χ4n) is 2.46. The number of amides is 1. The second-order valence-electron chi connectivity index (χ2n) is 5.09. The number of piperidine rings is 1. The summed E-state index contributed by atoms with van der Waals surface area (Å²) in [6, 6.07) is 3.62. The van der Waals surface area contributed by atoms with E-state index in [4.69, 9.17) is 4.74 Å². The van der Waals surface area contributed by atoms with Gasteiger partial charge in [0.15, 0.2) is 0 Å². The zero-order chi connectivity index (χ0) is 14.7. The Bertz CT molecular complexity index is 615. The van der Waals surface area contributed by atoms with Crippen molar-refractivity contribution in [3.63, 3.8) is 0 Å². The molecule has 5 nitrogen and oxygen atoms in total. The van der Waals surface area contributed by atoms with Crippen LogP contribution in [0.4, 0.5) is 0 Å². The number of ether oxygens (including phenoxy) is 1. The Hall–Kier alpha value is -1.95. The summed E-state index contributed by atoms with van der Waals surface area (Å²) in [5, 5.41) is 3.81. The number of hydrogen-bond donors (Lipinski definition) is 0. The zero-order valence-electron chi connectivity index (χ0n) is 11.9. The SMILES string of the molecule is Cc1nccc(OC2CCCN(C(=O)c3ccsc3)C2)n1. The lowest BCUT2D eigenvalue weighted by atomic mass is 10.1. The van der Waals surface area contributed by atoms with Crippen molar-refractivity contribution in [3.8, 4) is 5.88 Å². The topological polar surface area (TPSA) is 55.3 Å². The van der Waals surface area contributed by atoms with Gasteiger partial charge in [-0.05, 0) is 31.2 Å². The number of rotatable bonds is 3. The van der Waals surface area contributed by atoms with Crippen LogP contribution >= 0.6 is 11.3 Å². The number of thiophene rings is 1. The fourth-order valence-corrected chi connectivity index (χ4v) is 3.09. The molecule has 2 aromatic rings. The summed E-state index contributed by atoms with van der Waals surface area (Å²) in [6.45, 7) is 3.23. The van der Waals surface area contributed by atoms with E-state index in [0.717, 1.165) is 24.9 Å². The van der Waals surface area contributed by atoms with Gasteiger partial charge in [0.1, 0.15) is 11.9 Å². The lowest BCUT2D eigenvalue weighted by Crippen LogP contribution is -2.44. The molecule has 1 aliphatic heterocycles. The van der Waals surface area contributed by atoms with E-state index in [9.17, 15) is 4.79 Å². The predicted molar refractivity (Wildman–Crippen MR) is 80.6 cm³/mol. The minimum absolute atomic E-state index is 0.00404. The normalized spacial score (nSPS) is 18.5. The van der Waals surface area contributed by atoms with Crippen molar-refractivity contribution in [3.05, 3.63) is 40.5 Å². The van der Waals surface area contributed by atoms with Crippen molar-refractivity contribution in [1.82, 2.24) is 14.9 Å². The van der Waals surface area contributed by atoms with Gasteiger partial charge in [-0.1, -0.05) is 0 Å². The maximum atomic E-state index is 12.4. The van der Waals surface area contributed by atoms with Crippen molar-refractivity contribution in [2.24, 2.45) is 0 Å². The Labute approximate surface area is 127 Å². The second kappa shape index (κ2) is 6.22. The minimum Gasteiger partial charge on any atom is -0.472 e. The molecule has 21 heavy (non-hydrogen) atoms. The third kappa shape index (κ3) is 3.39. The van der Waals surface area contributed by atoms with Crippen LogP contribution in [0.1, 0.15) is 29.0 Å². The Kier molecular flexibility index (Phi) is 4.15. The van der Waals surface area contributed by atoms with Crippen molar-refractivity contribution < 1.29 is 9.53 Å². The van der Waals surface area contributed by atoms with Crippen molar-refractivity contribution in [2.45, 2.75) is 25.9 Å². The first-order valence-corrected chi connectivity index (χ1v) is 7.94. The number of nitrogens with zero attached hydrogens (tertiary/aromatic N) is 3. The van der Waals surface area contributed by atoms with E-state index >= 15 is 0 Å². The Balaban J connectivity index is 1.64. The molecule has 0 bridgehead atoms.